The number of nitro groups is 1. The van der Waals surface area contributed by atoms with E-state index in [0.717, 1.165) is 38.4 Å². The van der Waals surface area contributed by atoms with Crippen LogP contribution in [-0.2, 0) is 14.3 Å². The third-order valence-corrected chi connectivity index (χ3v) is 3.26. The molecule has 1 aromatic carbocycles. The summed E-state index contributed by atoms with van der Waals surface area (Å²) in [6.07, 6.45) is 0. The highest BCUT2D eigenvalue weighted by Crippen LogP contribution is 2.27. The molecule has 0 amide bonds. The van der Waals surface area contributed by atoms with Crippen molar-refractivity contribution in [3.05, 3.63) is 33.9 Å². The third-order valence-electron chi connectivity index (χ3n) is 3.26. The Morgan fingerprint density at radius 3 is 2.40 bits per heavy atom. The Bertz CT molecular complexity index is 602. The zero-order valence-electron chi connectivity index (χ0n) is 13.7. The molecule has 10 nitrogen and oxygen atoms in total. The molecule has 1 heterocycles. The minimum absolute atomic E-state index is 0.0296. The van der Waals surface area contributed by atoms with E-state index in [2.05, 4.69) is 4.90 Å². The highest BCUT2D eigenvalue weighted by atomic mass is 16.6. The summed E-state index contributed by atoms with van der Waals surface area (Å²) in [5, 5.41) is 25.7. The Labute approximate surface area is 143 Å². The van der Waals surface area contributed by atoms with E-state index in [1.807, 2.05) is 13.0 Å². The molecule has 0 saturated carbocycles. The molecule has 25 heavy (non-hydrogen) atoms. The van der Waals surface area contributed by atoms with Crippen molar-refractivity contribution in [3.8, 4) is 5.75 Å². The first-order chi connectivity index (χ1) is 11.8. The van der Waals surface area contributed by atoms with Crippen LogP contribution in [0.1, 0.15) is 5.56 Å². The molecule has 138 valence electrons. The van der Waals surface area contributed by atoms with E-state index in [1.165, 1.54) is 6.07 Å². The SMILES string of the molecule is Cc1ccc(OCCN2CCOCC2)c([N+](=O)[O-])c1.O=C(O)C(=O)O. The number of carboxylic acids is 2. The van der Waals surface area contributed by atoms with Crippen LogP contribution >= 0.6 is 0 Å². The van der Waals surface area contributed by atoms with Crippen LogP contribution < -0.4 is 4.74 Å². The first-order valence-corrected chi connectivity index (χ1v) is 7.45. The van der Waals surface area contributed by atoms with Crippen LogP contribution in [0.3, 0.4) is 0 Å². The topological polar surface area (TPSA) is 139 Å². The summed E-state index contributed by atoms with van der Waals surface area (Å²) in [6.45, 7) is 6.29. The molecule has 0 aliphatic carbocycles. The molecule has 0 spiro atoms. The predicted molar refractivity (Wildman–Crippen MR) is 85.9 cm³/mol. The summed E-state index contributed by atoms with van der Waals surface area (Å²) in [5.41, 5.74) is 0.884. The molecule has 0 aromatic heterocycles. The van der Waals surface area contributed by atoms with E-state index < -0.39 is 16.9 Å². The number of morpholine rings is 1. The van der Waals surface area contributed by atoms with Crippen molar-refractivity contribution in [1.82, 2.24) is 4.90 Å². The third kappa shape index (κ3) is 7.59. The first-order valence-electron chi connectivity index (χ1n) is 7.45. The molecule has 2 rings (SSSR count). The summed E-state index contributed by atoms with van der Waals surface area (Å²) in [7, 11) is 0. The van der Waals surface area contributed by atoms with Crippen LogP contribution in [-0.4, -0.2) is 71.4 Å². The van der Waals surface area contributed by atoms with Crippen molar-refractivity contribution in [1.29, 1.82) is 0 Å². The molecule has 1 aliphatic rings. The average Bonchev–Trinajstić information content (AvgIpc) is 2.57. The molecule has 10 heteroatoms. The van der Waals surface area contributed by atoms with E-state index in [9.17, 15) is 10.1 Å². The minimum atomic E-state index is -1.82. The van der Waals surface area contributed by atoms with Gasteiger partial charge in [-0.1, -0.05) is 6.07 Å². The van der Waals surface area contributed by atoms with E-state index in [1.54, 1.807) is 6.07 Å². The fourth-order valence-corrected chi connectivity index (χ4v) is 2.00. The molecule has 0 atom stereocenters. The number of ether oxygens (including phenoxy) is 2. The zero-order chi connectivity index (χ0) is 18.8. The van der Waals surface area contributed by atoms with Gasteiger partial charge in [-0.3, -0.25) is 15.0 Å². The molecule has 1 saturated heterocycles. The molecule has 1 fully saturated rings. The summed E-state index contributed by atoms with van der Waals surface area (Å²) >= 11 is 0. The van der Waals surface area contributed by atoms with Crippen molar-refractivity contribution in [3.63, 3.8) is 0 Å². The van der Waals surface area contributed by atoms with Gasteiger partial charge >= 0.3 is 17.6 Å². The average molecular weight is 356 g/mol. The second-order valence-electron chi connectivity index (χ2n) is 5.14. The number of hydrogen-bond donors (Lipinski definition) is 2. The maximum absolute atomic E-state index is 10.9. The van der Waals surface area contributed by atoms with Crippen molar-refractivity contribution < 1.29 is 34.2 Å². The molecule has 0 radical (unpaired) electrons. The number of rotatable bonds is 5. The summed E-state index contributed by atoms with van der Waals surface area (Å²) in [5.74, 6) is -3.31. The van der Waals surface area contributed by atoms with Gasteiger partial charge in [0.1, 0.15) is 6.61 Å². The lowest BCUT2D eigenvalue weighted by Crippen LogP contribution is -2.38. The smallest absolute Gasteiger partial charge is 0.414 e. The Balaban J connectivity index is 0.000000450. The fourth-order valence-electron chi connectivity index (χ4n) is 2.00. The number of aliphatic carboxylic acids is 2. The second kappa shape index (κ2) is 10.2. The van der Waals surface area contributed by atoms with Crippen molar-refractivity contribution in [2.45, 2.75) is 6.92 Å². The van der Waals surface area contributed by atoms with Crippen LogP contribution in [0.2, 0.25) is 0 Å². The molecule has 0 bridgehead atoms. The van der Waals surface area contributed by atoms with Gasteiger partial charge in [0.25, 0.3) is 0 Å². The van der Waals surface area contributed by atoms with Crippen LogP contribution in [0.25, 0.3) is 0 Å². The Morgan fingerprint density at radius 2 is 1.88 bits per heavy atom. The number of nitrogens with zero attached hydrogens (tertiary/aromatic N) is 2. The van der Waals surface area contributed by atoms with Gasteiger partial charge in [0.2, 0.25) is 0 Å². The highest BCUT2D eigenvalue weighted by Gasteiger charge is 2.16. The number of nitro benzene ring substituents is 1. The quantitative estimate of drug-likeness (QED) is 0.444. The van der Waals surface area contributed by atoms with Gasteiger partial charge in [-0.2, -0.15) is 0 Å². The Kier molecular flexibility index (Phi) is 8.30. The maximum Gasteiger partial charge on any atom is 0.414 e. The van der Waals surface area contributed by atoms with E-state index in [4.69, 9.17) is 29.3 Å². The number of carboxylic acid groups (broad SMARTS) is 2. The number of benzene rings is 1. The summed E-state index contributed by atoms with van der Waals surface area (Å²) in [6, 6.07) is 5.01. The lowest BCUT2D eigenvalue weighted by Gasteiger charge is -2.26. The summed E-state index contributed by atoms with van der Waals surface area (Å²) in [4.78, 5) is 31.0. The molecule has 2 N–H and O–H groups in total. The van der Waals surface area contributed by atoms with E-state index in [-0.39, 0.29) is 5.69 Å². The predicted octanol–water partition coefficient (Wildman–Crippen LogP) is 0.770. The van der Waals surface area contributed by atoms with Gasteiger partial charge < -0.3 is 19.7 Å². The van der Waals surface area contributed by atoms with E-state index in [0.29, 0.717) is 12.4 Å². The van der Waals surface area contributed by atoms with Crippen LogP contribution in [0.4, 0.5) is 5.69 Å². The second-order valence-corrected chi connectivity index (χ2v) is 5.14. The number of aryl methyl sites for hydroxylation is 1. The van der Waals surface area contributed by atoms with Crippen LogP contribution in [0.15, 0.2) is 18.2 Å². The number of hydrogen-bond acceptors (Lipinski definition) is 7. The van der Waals surface area contributed by atoms with Gasteiger partial charge in [0.15, 0.2) is 5.75 Å². The molecular weight excluding hydrogens is 336 g/mol. The van der Waals surface area contributed by atoms with E-state index >= 15 is 0 Å². The van der Waals surface area contributed by atoms with Crippen molar-refractivity contribution >= 4 is 17.6 Å². The first kappa shape index (κ1) is 20.3. The van der Waals surface area contributed by atoms with Crippen molar-refractivity contribution in [2.75, 3.05) is 39.5 Å². The lowest BCUT2D eigenvalue weighted by molar-refractivity contribution is -0.385. The van der Waals surface area contributed by atoms with Crippen LogP contribution in [0, 0.1) is 17.0 Å². The van der Waals surface area contributed by atoms with Gasteiger partial charge in [0, 0.05) is 25.7 Å². The summed E-state index contributed by atoms with van der Waals surface area (Å²) < 4.78 is 10.8. The normalized spacial score (nSPS) is 14.1. The largest absolute Gasteiger partial charge is 0.485 e. The van der Waals surface area contributed by atoms with Gasteiger partial charge in [-0.25, -0.2) is 9.59 Å². The van der Waals surface area contributed by atoms with Gasteiger partial charge in [0.05, 0.1) is 18.1 Å². The van der Waals surface area contributed by atoms with Gasteiger partial charge in [-0.05, 0) is 18.6 Å². The monoisotopic (exact) mass is 356 g/mol. The zero-order valence-corrected chi connectivity index (χ0v) is 13.7. The molecular formula is C15H20N2O8. The number of carbonyl (C=O) groups is 2. The lowest BCUT2D eigenvalue weighted by atomic mass is 10.2. The van der Waals surface area contributed by atoms with Crippen LogP contribution in [0.5, 0.6) is 5.75 Å². The standard InChI is InChI=1S/C13H18N2O4.C2H2O4/c1-11-2-3-13(12(10-11)15(16)17)19-9-6-14-4-7-18-8-5-14;3-1(4)2(5)6/h2-3,10H,4-9H2,1H3;(H,3,4)(H,5,6). The molecule has 1 aliphatic heterocycles. The Morgan fingerprint density at radius 1 is 1.28 bits per heavy atom. The van der Waals surface area contributed by atoms with Gasteiger partial charge in [-0.15, -0.1) is 0 Å². The van der Waals surface area contributed by atoms with Crippen molar-refractivity contribution in [2.24, 2.45) is 0 Å². The minimum Gasteiger partial charge on any atom is -0.485 e. The Hall–Kier alpha value is -2.72. The fraction of sp³-hybridized carbons (Fsp3) is 0.467. The highest BCUT2D eigenvalue weighted by molar-refractivity contribution is 6.27. The maximum atomic E-state index is 10.9. The molecule has 0 unspecified atom stereocenters. The molecule has 1 aromatic rings.